The second kappa shape index (κ2) is 6.60. The number of nitrogens with one attached hydrogen (secondary N) is 1. The highest BCUT2D eigenvalue weighted by molar-refractivity contribution is 5.95. The van der Waals surface area contributed by atoms with Crippen molar-refractivity contribution in [3.8, 4) is 11.1 Å². The predicted octanol–water partition coefficient (Wildman–Crippen LogP) is 2.90. The standard InChI is InChI=1S/C18H20N2O3/c1-12-5-4-6-13(7-12)14-8-15(10-19-9-14)16(21)20-11-18(2,3)17(22)23/h4-10H,11H2,1-3H3,(H,20,21)(H,22,23). The minimum Gasteiger partial charge on any atom is -0.481 e. The third-order valence-electron chi connectivity index (χ3n) is 3.62. The average molecular weight is 312 g/mol. The summed E-state index contributed by atoms with van der Waals surface area (Å²) in [5, 5.41) is 11.7. The molecule has 1 amide bonds. The van der Waals surface area contributed by atoms with Crippen LogP contribution >= 0.6 is 0 Å². The van der Waals surface area contributed by atoms with Crippen molar-refractivity contribution in [2.24, 2.45) is 5.41 Å². The summed E-state index contributed by atoms with van der Waals surface area (Å²) >= 11 is 0. The first-order chi connectivity index (χ1) is 10.8. The van der Waals surface area contributed by atoms with Gasteiger partial charge in [-0.1, -0.05) is 29.8 Å². The van der Waals surface area contributed by atoms with Crippen LogP contribution in [0.4, 0.5) is 0 Å². The van der Waals surface area contributed by atoms with Crippen LogP contribution in [0.25, 0.3) is 11.1 Å². The number of hydrogen-bond donors (Lipinski definition) is 2. The van der Waals surface area contributed by atoms with E-state index >= 15 is 0 Å². The van der Waals surface area contributed by atoms with Crippen molar-refractivity contribution >= 4 is 11.9 Å². The van der Waals surface area contributed by atoms with Gasteiger partial charge >= 0.3 is 5.97 Å². The molecule has 5 nitrogen and oxygen atoms in total. The minimum atomic E-state index is -1.02. The van der Waals surface area contributed by atoms with Crippen LogP contribution < -0.4 is 5.32 Å². The van der Waals surface area contributed by atoms with Crippen LogP contribution in [0.3, 0.4) is 0 Å². The van der Waals surface area contributed by atoms with Crippen molar-refractivity contribution in [3.05, 3.63) is 53.9 Å². The van der Waals surface area contributed by atoms with Gasteiger partial charge in [0.25, 0.3) is 5.91 Å². The molecule has 2 N–H and O–H groups in total. The first-order valence-electron chi connectivity index (χ1n) is 7.33. The van der Waals surface area contributed by atoms with Gasteiger partial charge in [0.1, 0.15) is 0 Å². The van der Waals surface area contributed by atoms with E-state index < -0.39 is 11.4 Å². The Balaban J connectivity index is 2.16. The maximum atomic E-state index is 12.2. The summed E-state index contributed by atoms with van der Waals surface area (Å²) in [4.78, 5) is 27.4. The fourth-order valence-corrected chi connectivity index (χ4v) is 2.03. The number of aliphatic carboxylic acids is 1. The maximum Gasteiger partial charge on any atom is 0.310 e. The van der Waals surface area contributed by atoms with Crippen LogP contribution in [0.1, 0.15) is 29.8 Å². The van der Waals surface area contributed by atoms with Crippen molar-refractivity contribution < 1.29 is 14.7 Å². The molecule has 0 saturated heterocycles. The number of pyridine rings is 1. The van der Waals surface area contributed by atoms with Crippen molar-refractivity contribution in [2.45, 2.75) is 20.8 Å². The van der Waals surface area contributed by atoms with Gasteiger partial charge in [-0.05, 0) is 32.4 Å². The molecule has 1 heterocycles. The van der Waals surface area contributed by atoms with Gasteiger partial charge in [-0.15, -0.1) is 0 Å². The third kappa shape index (κ3) is 4.16. The number of carbonyl (C=O) groups excluding carboxylic acids is 1. The SMILES string of the molecule is Cc1cccc(-c2cncc(C(=O)NCC(C)(C)C(=O)O)c2)c1. The molecular formula is C18H20N2O3. The number of rotatable bonds is 5. The fourth-order valence-electron chi connectivity index (χ4n) is 2.03. The molecule has 0 aliphatic rings. The third-order valence-corrected chi connectivity index (χ3v) is 3.62. The van der Waals surface area contributed by atoms with Crippen molar-refractivity contribution in [1.82, 2.24) is 10.3 Å². The van der Waals surface area contributed by atoms with E-state index in [9.17, 15) is 9.59 Å². The zero-order valence-corrected chi connectivity index (χ0v) is 13.5. The van der Waals surface area contributed by atoms with E-state index in [2.05, 4.69) is 10.3 Å². The number of carbonyl (C=O) groups is 2. The van der Waals surface area contributed by atoms with Crippen LogP contribution in [-0.2, 0) is 4.79 Å². The maximum absolute atomic E-state index is 12.2. The molecule has 0 fully saturated rings. The molecule has 0 saturated carbocycles. The summed E-state index contributed by atoms with van der Waals surface area (Å²) in [7, 11) is 0. The summed E-state index contributed by atoms with van der Waals surface area (Å²) in [6.07, 6.45) is 3.18. The largest absolute Gasteiger partial charge is 0.481 e. The lowest BCUT2D eigenvalue weighted by molar-refractivity contribution is -0.146. The van der Waals surface area contributed by atoms with Crippen molar-refractivity contribution in [2.75, 3.05) is 6.54 Å². The van der Waals surface area contributed by atoms with Crippen LogP contribution in [-0.4, -0.2) is 28.5 Å². The zero-order chi connectivity index (χ0) is 17.0. The van der Waals surface area contributed by atoms with Gasteiger partial charge in [-0.25, -0.2) is 0 Å². The molecule has 1 aromatic heterocycles. The summed E-state index contributed by atoms with van der Waals surface area (Å²) in [6.45, 7) is 5.19. The molecule has 0 aliphatic carbocycles. The van der Waals surface area contributed by atoms with Crippen molar-refractivity contribution in [1.29, 1.82) is 0 Å². The van der Waals surface area contributed by atoms with Crippen LogP contribution in [0, 0.1) is 12.3 Å². The first-order valence-corrected chi connectivity index (χ1v) is 7.33. The van der Waals surface area contributed by atoms with Gasteiger partial charge in [0, 0.05) is 24.5 Å². The Labute approximate surface area is 135 Å². The number of aryl methyl sites for hydroxylation is 1. The molecular weight excluding hydrogens is 292 g/mol. The van der Waals surface area contributed by atoms with E-state index in [0.29, 0.717) is 5.56 Å². The van der Waals surface area contributed by atoms with E-state index in [-0.39, 0.29) is 12.5 Å². The Morgan fingerprint density at radius 1 is 1.17 bits per heavy atom. The lowest BCUT2D eigenvalue weighted by atomic mass is 9.94. The topological polar surface area (TPSA) is 79.3 Å². The highest BCUT2D eigenvalue weighted by Crippen LogP contribution is 2.20. The van der Waals surface area contributed by atoms with E-state index in [1.807, 2.05) is 31.2 Å². The minimum absolute atomic E-state index is 0.0514. The Kier molecular flexibility index (Phi) is 4.79. The van der Waals surface area contributed by atoms with Crippen molar-refractivity contribution in [3.63, 3.8) is 0 Å². The molecule has 0 radical (unpaired) electrons. The van der Waals surface area contributed by atoms with E-state index in [4.69, 9.17) is 5.11 Å². The summed E-state index contributed by atoms with van der Waals surface area (Å²) in [5.41, 5.74) is 2.35. The van der Waals surface area contributed by atoms with Crippen LogP contribution in [0.15, 0.2) is 42.7 Å². The predicted molar refractivity (Wildman–Crippen MR) is 88.2 cm³/mol. The Hall–Kier alpha value is -2.69. The number of carboxylic acid groups (broad SMARTS) is 1. The summed E-state index contributed by atoms with van der Waals surface area (Å²) in [6, 6.07) is 9.69. The molecule has 2 rings (SSSR count). The summed E-state index contributed by atoms with van der Waals surface area (Å²) < 4.78 is 0. The molecule has 1 aromatic carbocycles. The second-order valence-corrected chi connectivity index (χ2v) is 6.20. The summed E-state index contributed by atoms with van der Waals surface area (Å²) in [5.74, 6) is -1.29. The molecule has 23 heavy (non-hydrogen) atoms. The first kappa shape index (κ1) is 16.7. The van der Waals surface area contributed by atoms with Crippen LogP contribution in [0.2, 0.25) is 0 Å². The van der Waals surface area contributed by atoms with Crippen LogP contribution in [0.5, 0.6) is 0 Å². The second-order valence-electron chi connectivity index (χ2n) is 6.20. The number of amides is 1. The van der Waals surface area contributed by atoms with E-state index in [1.165, 1.54) is 6.20 Å². The Bertz CT molecular complexity index is 739. The Morgan fingerprint density at radius 2 is 1.91 bits per heavy atom. The molecule has 0 atom stereocenters. The van der Waals surface area contributed by atoms with Gasteiger partial charge in [-0.3, -0.25) is 14.6 Å². The average Bonchev–Trinajstić information content (AvgIpc) is 2.52. The number of benzene rings is 1. The highest BCUT2D eigenvalue weighted by atomic mass is 16.4. The van der Waals surface area contributed by atoms with Gasteiger partial charge in [0.05, 0.1) is 11.0 Å². The van der Waals surface area contributed by atoms with Gasteiger partial charge in [0.2, 0.25) is 0 Å². The Morgan fingerprint density at radius 3 is 2.57 bits per heavy atom. The number of aromatic nitrogens is 1. The fraction of sp³-hybridized carbons (Fsp3) is 0.278. The normalized spacial score (nSPS) is 11.1. The number of nitrogens with zero attached hydrogens (tertiary/aromatic N) is 1. The molecule has 0 bridgehead atoms. The molecule has 0 spiro atoms. The van der Waals surface area contributed by atoms with Gasteiger partial charge in [-0.2, -0.15) is 0 Å². The number of carboxylic acids is 1. The monoisotopic (exact) mass is 312 g/mol. The zero-order valence-electron chi connectivity index (χ0n) is 13.5. The highest BCUT2D eigenvalue weighted by Gasteiger charge is 2.27. The smallest absolute Gasteiger partial charge is 0.310 e. The van der Waals surface area contributed by atoms with Gasteiger partial charge < -0.3 is 10.4 Å². The molecule has 5 heteroatoms. The lowest BCUT2D eigenvalue weighted by Crippen LogP contribution is -2.38. The van der Waals surface area contributed by atoms with E-state index in [1.54, 1.807) is 26.1 Å². The molecule has 2 aromatic rings. The number of hydrogen-bond acceptors (Lipinski definition) is 3. The quantitative estimate of drug-likeness (QED) is 0.889. The van der Waals surface area contributed by atoms with E-state index in [0.717, 1.165) is 16.7 Å². The molecule has 0 aliphatic heterocycles. The van der Waals surface area contributed by atoms with Gasteiger partial charge in [0.15, 0.2) is 0 Å². The molecule has 0 unspecified atom stereocenters. The molecule has 120 valence electrons. The lowest BCUT2D eigenvalue weighted by Gasteiger charge is -2.19.